The molecule has 1 saturated heterocycles. The summed E-state index contributed by atoms with van der Waals surface area (Å²) in [5, 5.41) is 7.63. The molecule has 176 valence electrons. The number of carbonyl (C=O) groups excluding carboxylic acids is 1. The van der Waals surface area contributed by atoms with Crippen LogP contribution in [0, 0.1) is 5.92 Å². The molecule has 2 aromatic heterocycles. The van der Waals surface area contributed by atoms with E-state index in [1.54, 1.807) is 12.1 Å². The van der Waals surface area contributed by atoms with E-state index in [4.69, 9.17) is 9.72 Å². The Bertz CT molecular complexity index is 1270. The zero-order valence-electron chi connectivity index (χ0n) is 19.5. The molecule has 0 aliphatic carbocycles. The fraction of sp³-hybridized carbons (Fsp3) is 0.500. The van der Waals surface area contributed by atoms with Gasteiger partial charge in [-0.25, -0.2) is 13.4 Å². The number of aromatic nitrogens is 4. The molecule has 0 radical (unpaired) electrons. The molecule has 1 aromatic carbocycles. The van der Waals surface area contributed by atoms with Crippen LogP contribution in [0.3, 0.4) is 0 Å². The number of carbonyl (C=O) groups is 1. The second-order valence-electron chi connectivity index (χ2n) is 9.75. The van der Waals surface area contributed by atoms with Crippen LogP contribution in [0.2, 0.25) is 0 Å². The van der Waals surface area contributed by atoms with E-state index in [0.717, 1.165) is 43.9 Å². The first kappa shape index (κ1) is 23.5. The second-order valence-corrected chi connectivity index (χ2v) is 11.6. The summed E-state index contributed by atoms with van der Waals surface area (Å²) in [5.41, 5.74) is 1.82. The van der Waals surface area contributed by atoms with E-state index in [2.05, 4.69) is 35.5 Å². The topological polar surface area (TPSA) is 104 Å². The molecule has 0 unspecified atom stereocenters. The van der Waals surface area contributed by atoms with Crippen LogP contribution in [0.4, 0.5) is 0 Å². The largest absolute Gasteiger partial charge is 0.381 e. The summed E-state index contributed by atoms with van der Waals surface area (Å²) in [4.78, 5) is 16.2. The van der Waals surface area contributed by atoms with Crippen LogP contribution in [0.5, 0.6) is 0 Å². The summed E-state index contributed by atoms with van der Waals surface area (Å²) >= 11 is 0. The van der Waals surface area contributed by atoms with Crippen molar-refractivity contribution in [2.24, 2.45) is 5.92 Å². The molecule has 0 saturated carbocycles. The molecule has 0 spiro atoms. The Kier molecular flexibility index (Phi) is 6.37. The van der Waals surface area contributed by atoms with Gasteiger partial charge in [0.15, 0.2) is 5.03 Å². The van der Waals surface area contributed by atoms with Gasteiger partial charge < -0.3 is 9.30 Å². The predicted molar refractivity (Wildman–Crippen MR) is 124 cm³/mol. The van der Waals surface area contributed by atoms with Crippen LogP contribution in [0.1, 0.15) is 52.1 Å². The molecule has 0 amide bonds. The standard InChI is InChI=1S/C24H30N4O4S/c1-16(29)13-18-5-8-22(27-26-18)33(30,31)19-6-7-21-20(14-19)25-23(24(2,3)4)28(21)15-17-9-11-32-12-10-17/h5-8,14,17H,9-13,15H2,1-4H3. The van der Waals surface area contributed by atoms with Gasteiger partial charge in [0.05, 0.1) is 28.0 Å². The molecule has 0 atom stereocenters. The first-order chi connectivity index (χ1) is 15.6. The minimum atomic E-state index is -3.87. The number of sulfone groups is 1. The summed E-state index contributed by atoms with van der Waals surface area (Å²) in [7, 11) is -3.87. The fourth-order valence-corrected chi connectivity index (χ4v) is 5.33. The lowest BCUT2D eigenvalue weighted by molar-refractivity contribution is -0.116. The summed E-state index contributed by atoms with van der Waals surface area (Å²) in [6.45, 7) is 10.2. The lowest BCUT2D eigenvalue weighted by Gasteiger charge is -2.26. The van der Waals surface area contributed by atoms with Crippen molar-refractivity contribution < 1.29 is 17.9 Å². The minimum Gasteiger partial charge on any atom is -0.381 e. The number of fused-ring (bicyclic) bond motifs is 1. The lowest BCUT2D eigenvalue weighted by Crippen LogP contribution is -2.25. The summed E-state index contributed by atoms with van der Waals surface area (Å²) in [6.07, 6.45) is 2.14. The minimum absolute atomic E-state index is 0.0589. The molecular weight excluding hydrogens is 440 g/mol. The van der Waals surface area contributed by atoms with E-state index < -0.39 is 9.84 Å². The molecule has 1 fully saturated rings. The summed E-state index contributed by atoms with van der Waals surface area (Å²) < 4.78 is 34.1. The van der Waals surface area contributed by atoms with Gasteiger partial charge >= 0.3 is 0 Å². The average molecular weight is 471 g/mol. The monoisotopic (exact) mass is 470 g/mol. The lowest BCUT2D eigenvalue weighted by atomic mass is 9.94. The van der Waals surface area contributed by atoms with Gasteiger partial charge in [-0.2, -0.15) is 5.10 Å². The highest BCUT2D eigenvalue weighted by Gasteiger charge is 2.27. The second kappa shape index (κ2) is 8.95. The molecule has 8 nitrogen and oxygen atoms in total. The van der Waals surface area contributed by atoms with Crippen LogP contribution >= 0.6 is 0 Å². The van der Waals surface area contributed by atoms with E-state index in [-0.39, 0.29) is 27.5 Å². The first-order valence-corrected chi connectivity index (χ1v) is 12.7. The van der Waals surface area contributed by atoms with Gasteiger partial charge in [0.2, 0.25) is 9.84 Å². The Morgan fingerprint density at radius 1 is 1.12 bits per heavy atom. The molecule has 0 N–H and O–H groups in total. The number of ether oxygens (including phenoxy) is 1. The number of hydrogen-bond donors (Lipinski definition) is 0. The quantitative estimate of drug-likeness (QED) is 0.543. The smallest absolute Gasteiger partial charge is 0.225 e. The van der Waals surface area contributed by atoms with Crippen molar-refractivity contribution in [3.63, 3.8) is 0 Å². The molecule has 3 heterocycles. The van der Waals surface area contributed by atoms with Gasteiger partial charge in [0.1, 0.15) is 11.6 Å². The molecule has 1 aliphatic heterocycles. The SMILES string of the molecule is CC(=O)Cc1ccc(S(=O)(=O)c2ccc3c(c2)nc(C(C)(C)C)n3CC2CCOCC2)nn1. The van der Waals surface area contributed by atoms with Crippen molar-refractivity contribution in [2.45, 2.75) is 68.8 Å². The molecule has 33 heavy (non-hydrogen) atoms. The van der Waals surface area contributed by atoms with E-state index in [0.29, 0.717) is 17.1 Å². The highest BCUT2D eigenvalue weighted by molar-refractivity contribution is 7.91. The number of nitrogens with zero attached hydrogens (tertiary/aromatic N) is 4. The van der Waals surface area contributed by atoms with Gasteiger partial charge in [-0.05, 0) is 56.0 Å². The molecule has 1 aliphatic rings. The van der Waals surface area contributed by atoms with E-state index >= 15 is 0 Å². The van der Waals surface area contributed by atoms with Crippen LogP contribution in [0.25, 0.3) is 11.0 Å². The van der Waals surface area contributed by atoms with Crippen molar-refractivity contribution in [1.82, 2.24) is 19.7 Å². The van der Waals surface area contributed by atoms with Crippen molar-refractivity contribution in [3.8, 4) is 0 Å². The zero-order valence-corrected chi connectivity index (χ0v) is 20.4. The third-order valence-electron chi connectivity index (χ3n) is 5.88. The van der Waals surface area contributed by atoms with Gasteiger partial charge in [-0.1, -0.05) is 20.8 Å². The third-order valence-corrected chi connectivity index (χ3v) is 7.53. The van der Waals surface area contributed by atoms with Gasteiger partial charge in [-0.3, -0.25) is 4.79 Å². The number of benzene rings is 1. The third kappa shape index (κ3) is 4.99. The maximum Gasteiger partial charge on any atom is 0.225 e. The van der Waals surface area contributed by atoms with Crippen molar-refractivity contribution in [1.29, 1.82) is 0 Å². The van der Waals surface area contributed by atoms with Crippen molar-refractivity contribution >= 4 is 26.7 Å². The fourth-order valence-electron chi connectivity index (χ4n) is 4.18. The zero-order chi connectivity index (χ0) is 23.8. The first-order valence-electron chi connectivity index (χ1n) is 11.2. The number of rotatable bonds is 6. The Labute approximate surface area is 194 Å². The van der Waals surface area contributed by atoms with E-state index in [9.17, 15) is 13.2 Å². The molecule has 9 heteroatoms. The summed E-state index contributed by atoms with van der Waals surface area (Å²) in [6, 6.07) is 7.99. The normalized spacial score (nSPS) is 15.8. The highest BCUT2D eigenvalue weighted by atomic mass is 32.2. The van der Waals surface area contributed by atoms with Crippen molar-refractivity contribution in [3.05, 3.63) is 41.9 Å². The Morgan fingerprint density at radius 3 is 2.45 bits per heavy atom. The average Bonchev–Trinajstić information content (AvgIpc) is 3.13. The van der Waals surface area contributed by atoms with Crippen LogP contribution in [0.15, 0.2) is 40.3 Å². The predicted octanol–water partition coefficient (Wildman–Crippen LogP) is 3.51. The van der Waals surface area contributed by atoms with E-state index in [1.807, 2.05) is 6.07 Å². The maximum atomic E-state index is 13.2. The Balaban J connectivity index is 1.72. The van der Waals surface area contributed by atoms with Crippen molar-refractivity contribution in [2.75, 3.05) is 13.2 Å². The maximum absolute atomic E-state index is 13.2. The van der Waals surface area contributed by atoms with Crippen LogP contribution in [-0.2, 0) is 37.7 Å². The van der Waals surface area contributed by atoms with E-state index in [1.165, 1.54) is 19.1 Å². The molecule has 3 aromatic rings. The number of ketones is 1. The van der Waals surface area contributed by atoms with Gasteiger partial charge in [0, 0.05) is 25.2 Å². The van der Waals surface area contributed by atoms with Gasteiger partial charge in [-0.15, -0.1) is 5.10 Å². The molecule has 4 rings (SSSR count). The number of imidazole rings is 1. The Hall–Kier alpha value is -2.65. The van der Waals surface area contributed by atoms with Crippen LogP contribution in [-0.4, -0.2) is 47.2 Å². The number of Topliss-reactive ketones (excluding diaryl/α,β-unsaturated/α-hetero) is 1. The van der Waals surface area contributed by atoms with Crippen LogP contribution < -0.4 is 0 Å². The van der Waals surface area contributed by atoms with Gasteiger partial charge in [0.25, 0.3) is 0 Å². The Morgan fingerprint density at radius 2 is 1.85 bits per heavy atom. The number of hydrogen-bond acceptors (Lipinski definition) is 7. The molecule has 0 bridgehead atoms. The molecular formula is C24H30N4O4S. The summed E-state index contributed by atoms with van der Waals surface area (Å²) in [5.74, 6) is 1.38. The highest BCUT2D eigenvalue weighted by Crippen LogP contribution is 2.31.